The summed E-state index contributed by atoms with van der Waals surface area (Å²) in [5.41, 5.74) is 5.95. The molecule has 0 aliphatic heterocycles. The van der Waals surface area contributed by atoms with E-state index >= 15 is 0 Å². The Labute approximate surface area is 148 Å². The van der Waals surface area contributed by atoms with Crippen LogP contribution in [0, 0.1) is 6.92 Å². The maximum Gasteiger partial charge on any atom is 0.251 e. The molecule has 2 aromatic carbocycles. The largest absolute Gasteiger partial charge is 0.350 e. The highest BCUT2D eigenvalue weighted by atomic mass is 16.6. The normalized spacial score (nSPS) is 10.6. The van der Waals surface area contributed by atoms with Gasteiger partial charge in [0.2, 0.25) is 0 Å². The molecule has 5 nitrogen and oxygen atoms in total. The number of hydrogen-bond donors (Lipinski definition) is 2. The van der Waals surface area contributed by atoms with Gasteiger partial charge >= 0.3 is 0 Å². The van der Waals surface area contributed by atoms with Gasteiger partial charge in [-0.15, -0.1) is 0 Å². The van der Waals surface area contributed by atoms with Gasteiger partial charge in [0.1, 0.15) is 0 Å². The molecule has 25 heavy (non-hydrogen) atoms. The van der Waals surface area contributed by atoms with Crippen molar-refractivity contribution in [3.8, 4) is 0 Å². The van der Waals surface area contributed by atoms with Crippen LogP contribution in [0.5, 0.6) is 0 Å². The van der Waals surface area contributed by atoms with Gasteiger partial charge in [-0.05, 0) is 45.0 Å². The first-order chi connectivity index (χ1) is 12.0. The van der Waals surface area contributed by atoms with Crippen LogP contribution in [0.15, 0.2) is 48.5 Å². The second kappa shape index (κ2) is 8.99. The predicted molar refractivity (Wildman–Crippen MR) is 98.7 cm³/mol. The van der Waals surface area contributed by atoms with E-state index in [1.54, 1.807) is 24.3 Å². The topological polar surface area (TPSA) is 67.4 Å². The molecule has 0 saturated heterocycles. The Bertz CT molecular complexity index is 707. The number of carbonyl (C=O) groups is 2. The number of carbonyl (C=O) groups excluding carboxylic acids is 2. The minimum atomic E-state index is -0.139. The summed E-state index contributed by atoms with van der Waals surface area (Å²) in [5.74, 6) is -0.166. The van der Waals surface area contributed by atoms with E-state index in [1.165, 1.54) is 5.56 Å². The average molecular weight is 340 g/mol. The van der Waals surface area contributed by atoms with Crippen molar-refractivity contribution in [1.29, 1.82) is 0 Å². The summed E-state index contributed by atoms with van der Waals surface area (Å²) in [4.78, 5) is 29.4. The third-order valence-corrected chi connectivity index (χ3v) is 3.56. The van der Waals surface area contributed by atoms with Crippen LogP contribution in [-0.4, -0.2) is 24.3 Å². The number of nitrogens with one attached hydrogen (secondary N) is 2. The third-order valence-electron chi connectivity index (χ3n) is 3.56. The molecular formula is C20H24N2O3. The zero-order valence-corrected chi connectivity index (χ0v) is 14.8. The van der Waals surface area contributed by atoms with E-state index in [4.69, 9.17) is 4.84 Å². The van der Waals surface area contributed by atoms with Crippen LogP contribution >= 0.6 is 0 Å². The van der Waals surface area contributed by atoms with Gasteiger partial charge in [-0.3, -0.25) is 19.9 Å². The molecule has 0 spiro atoms. The molecule has 2 N–H and O–H groups in total. The summed E-state index contributed by atoms with van der Waals surface area (Å²) >= 11 is 0. The van der Waals surface area contributed by atoms with Crippen molar-refractivity contribution >= 4 is 17.4 Å². The smallest absolute Gasteiger partial charge is 0.251 e. The molecule has 0 aliphatic carbocycles. The summed E-state index contributed by atoms with van der Waals surface area (Å²) in [5, 5.41) is 2.82. The van der Waals surface area contributed by atoms with Crippen molar-refractivity contribution in [3.05, 3.63) is 65.2 Å². The lowest BCUT2D eigenvalue weighted by Crippen LogP contribution is -2.30. The first kappa shape index (κ1) is 18.7. The molecule has 0 atom stereocenters. The summed E-state index contributed by atoms with van der Waals surface area (Å²) in [7, 11) is 0. The Morgan fingerprint density at radius 1 is 0.960 bits per heavy atom. The van der Waals surface area contributed by atoms with Crippen molar-refractivity contribution in [2.45, 2.75) is 33.2 Å². The van der Waals surface area contributed by atoms with Gasteiger partial charge in [0.15, 0.2) is 5.78 Å². The molecule has 0 radical (unpaired) electrons. The molecule has 2 aromatic rings. The van der Waals surface area contributed by atoms with Crippen molar-refractivity contribution in [3.63, 3.8) is 0 Å². The lowest BCUT2D eigenvalue weighted by atomic mass is 10.1. The number of rotatable bonds is 8. The van der Waals surface area contributed by atoms with Crippen LogP contribution in [0.25, 0.3) is 0 Å². The Morgan fingerprint density at radius 3 is 2.16 bits per heavy atom. The standard InChI is InChI=1S/C20H24N2O3/c1-14(2)21-20(24)17-8-6-16(7-9-17)19(23)12-13-25-22-18-10-4-15(3)5-11-18/h4-11,14,22H,12-13H2,1-3H3,(H,21,24). The molecule has 0 unspecified atom stereocenters. The minimum Gasteiger partial charge on any atom is -0.350 e. The van der Waals surface area contributed by atoms with Gasteiger partial charge in [0.05, 0.1) is 12.3 Å². The lowest BCUT2D eigenvalue weighted by molar-refractivity contribution is 0.0923. The SMILES string of the molecule is Cc1ccc(NOCCC(=O)c2ccc(C(=O)NC(C)C)cc2)cc1. The Balaban J connectivity index is 1.78. The van der Waals surface area contributed by atoms with Crippen LogP contribution in [-0.2, 0) is 4.84 Å². The molecule has 1 amide bonds. The number of hydrogen-bond acceptors (Lipinski definition) is 4. The highest BCUT2D eigenvalue weighted by Gasteiger charge is 2.10. The molecule has 0 heterocycles. The van der Waals surface area contributed by atoms with Gasteiger partial charge in [-0.1, -0.05) is 29.8 Å². The van der Waals surface area contributed by atoms with Gasteiger partial charge in [0.25, 0.3) is 5.91 Å². The van der Waals surface area contributed by atoms with Crippen molar-refractivity contribution in [2.75, 3.05) is 12.1 Å². The number of amides is 1. The Kier molecular flexibility index (Phi) is 6.71. The van der Waals surface area contributed by atoms with Crippen molar-refractivity contribution in [1.82, 2.24) is 5.32 Å². The Morgan fingerprint density at radius 2 is 1.56 bits per heavy atom. The highest BCUT2D eigenvalue weighted by Crippen LogP contribution is 2.10. The monoisotopic (exact) mass is 340 g/mol. The highest BCUT2D eigenvalue weighted by molar-refractivity contribution is 5.98. The Hall–Kier alpha value is -2.66. The maximum atomic E-state index is 12.2. The molecule has 132 valence electrons. The molecule has 0 bridgehead atoms. The van der Waals surface area contributed by atoms with Crippen molar-refractivity contribution < 1.29 is 14.4 Å². The van der Waals surface area contributed by atoms with Crippen LogP contribution in [0.1, 0.15) is 46.5 Å². The van der Waals surface area contributed by atoms with Gasteiger partial charge in [0, 0.05) is 23.6 Å². The first-order valence-corrected chi connectivity index (χ1v) is 8.34. The van der Waals surface area contributed by atoms with Gasteiger partial charge < -0.3 is 5.32 Å². The quantitative estimate of drug-likeness (QED) is 0.436. The molecule has 2 rings (SSSR count). The predicted octanol–water partition coefficient (Wildman–Crippen LogP) is 3.75. The van der Waals surface area contributed by atoms with E-state index in [0.29, 0.717) is 11.1 Å². The number of aryl methyl sites for hydroxylation is 1. The number of ketones is 1. The summed E-state index contributed by atoms with van der Waals surface area (Å²) in [6.07, 6.45) is 0.260. The van der Waals surface area contributed by atoms with Crippen LogP contribution in [0.2, 0.25) is 0 Å². The first-order valence-electron chi connectivity index (χ1n) is 8.34. The van der Waals surface area contributed by atoms with E-state index in [2.05, 4.69) is 10.8 Å². The number of benzene rings is 2. The maximum absolute atomic E-state index is 12.2. The summed E-state index contributed by atoms with van der Waals surface area (Å²) in [6, 6.07) is 14.5. The molecule has 0 aliphatic rings. The zero-order valence-electron chi connectivity index (χ0n) is 14.8. The molecule has 5 heteroatoms. The van der Waals surface area contributed by atoms with E-state index in [0.717, 1.165) is 5.69 Å². The van der Waals surface area contributed by atoms with E-state index < -0.39 is 0 Å². The molecule has 0 saturated carbocycles. The minimum absolute atomic E-state index is 0.0264. The van der Waals surface area contributed by atoms with Gasteiger partial charge in [-0.25, -0.2) is 0 Å². The van der Waals surface area contributed by atoms with E-state index in [-0.39, 0.29) is 30.8 Å². The fourth-order valence-corrected chi connectivity index (χ4v) is 2.20. The van der Waals surface area contributed by atoms with Crippen LogP contribution in [0.3, 0.4) is 0 Å². The summed E-state index contributed by atoms with van der Waals surface area (Å²) < 4.78 is 0. The van der Waals surface area contributed by atoms with Crippen LogP contribution in [0.4, 0.5) is 5.69 Å². The zero-order chi connectivity index (χ0) is 18.2. The average Bonchev–Trinajstić information content (AvgIpc) is 2.59. The fourth-order valence-electron chi connectivity index (χ4n) is 2.20. The summed E-state index contributed by atoms with van der Waals surface area (Å²) in [6.45, 7) is 6.09. The van der Waals surface area contributed by atoms with Crippen LogP contribution < -0.4 is 10.8 Å². The second-order valence-corrected chi connectivity index (χ2v) is 6.20. The van der Waals surface area contributed by atoms with E-state index in [9.17, 15) is 9.59 Å². The number of anilines is 1. The third kappa shape index (κ3) is 6.04. The molecule has 0 aromatic heterocycles. The lowest BCUT2D eigenvalue weighted by Gasteiger charge is -2.09. The second-order valence-electron chi connectivity index (χ2n) is 6.20. The fraction of sp³-hybridized carbons (Fsp3) is 0.300. The van der Waals surface area contributed by atoms with E-state index in [1.807, 2.05) is 45.0 Å². The van der Waals surface area contributed by atoms with Crippen molar-refractivity contribution in [2.24, 2.45) is 0 Å². The van der Waals surface area contributed by atoms with Gasteiger partial charge in [-0.2, -0.15) is 0 Å². The molecular weight excluding hydrogens is 316 g/mol. The number of Topliss-reactive ketones (excluding diaryl/α,β-unsaturated/α-hetero) is 1. The molecule has 0 fully saturated rings.